The van der Waals surface area contributed by atoms with E-state index in [1.807, 2.05) is 44.5 Å². The van der Waals surface area contributed by atoms with Crippen LogP contribution in [-0.4, -0.2) is 16.2 Å². The normalized spacial score (nSPS) is 10.3. The summed E-state index contributed by atoms with van der Waals surface area (Å²) in [5, 5.41) is 9.39. The van der Waals surface area contributed by atoms with Crippen molar-refractivity contribution in [1.29, 1.82) is 5.26 Å². The highest BCUT2D eigenvalue weighted by Gasteiger charge is 2.20. The van der Waals surface area contributed by atoms with Crippen molar-refractivity contribution in [2.45, 2.75) is 20.8 Å². The van der Waals surface area contributed by atoms with Crippen LogP contribution >= 0.6 is 0 Å². The number of aromatic nitrogens is 2. The second kappa shape index (κ2) is 5.15. The van der Waals surface area contributed by atoms with E-state index < -0.39 is 0 Å². The van der Waals surface area contributed by atoms with Gasteiger partial charge in [0.2, 0.25) is 5.88 Å². The van der Waals surface area contributed by atoms with E-state index in [-0.39, 0.29) is 0 Å². The lowest BCUT2D eigenvalue weighted by Crippen LogP contribution is -1.98. The van der Waals surface area contributed by atoms with Crippen molar-refractivity contribution in [2.75, 3.05) is 6.61 Å². The van der Waals surface area contributed by atoms with Crippen LogP contribution in [0, 0.1) is 25.2 Å². The fourth-order valence-electron chi connectivity index (χ4n) is 2.25. The van der Waals surface area contributed by atoms with E-state index >= 15 is 0 Å². The Morgan fingerprint density at radius 3 is 2.74 bits per heavy atom. The zero-order valence-corrected chi connectivity index (χ0v) is 11.7. The van der Waals surface area contributed by atoms with Gasteiger partial charge in [0.15, 0.2) is 0 Å². The molecule has 0 N–H and O–H groups in total. The van der Waals surface area contributed by atoms with Crippen LogP contribution in [0.15, 0.2) is 18.3 Å². The zero-order chi connectivity index (χ0) is 14.0. The predicted octanol–water partition coefficient (Wildman–Crippen LogP) is 2.97. The second-order valence-electron chi connectivity index (χ2n) is 4.38. The molecule has 0 aliphatic carbocycles. The minimum absolute atomic E-state index is 0.552. The van der Waals surface area contributed by atoms with Gasteiger partial charge in [-0.3, -0.25) is 0 Å². The molecule has 0 spiro atoms. The summed E-state index contributed by atoms with van der Waals surface area (Å²) in [7, 11) is 1.96. The summed E-state index contributed by atoms with van der Waals surface area (Å²) in [6.45, 7) is 6.43. The average molecular weight is 255 g/mol. The van der Waals surface area contributed by atoms with Gasteiger partial charge in [-0.25, -0.2) is 4.98 Å². The number of hydrogen-bond acceptors (Lipinski definition) is 3. The monoisotopic (exact) mass is 255 g/mol. The van der Waals surface area contributed by atoms with Gasteiger partial charge in [0.1, 0.15) is 6.07 Å². The van der Waals surface area contributed by atoms with Crippen LogP contribution in [0.2, 0.25) is 0 Å². The summed E-state index contributed by atoms with van der Waals surface area (Å²) < 4.78 is 7.59. The van der Waals surface area contributed by atoms with Crippen molar-refractivity contribution < 1.29 is 4.74 Å². The molecule has 2 aromatic heterocycles. The molecule has 4 heteroatoms. The molecule has 2 aromatic rings. The maximum absolute atomic E-state index is 9.39. The predicted molar refractivity (Wildman–Crippen MR) is 74.0 cm³/mol. The number of pyridine rings is 1. The maximum atomic E-state index is 9.39. The molecule has 2 heterocycles. The number of nitriles is 1. The molecule has 0 amide bonds. The molecule has 0 saturated carbocycles. The molecule has 0 aromatic carbocycles. The van der Waals surface area contributed by atoms with Gasteiger partial charge in [-0.2, -0.15) is 5.26 Å². The van der Waals surface area contributed by atoms with Crippen LogP contribution in [0.5, 0.6) is 5.88 Å². The van der Waals surface area contributed by atoms with Gasteiger partial charge in [0, 0.05) is 35.8 Å². The van der Waals surface area contributed by atoms with Crippen LogP contribution in [0.1, 0.15) is 23.9 Å². The highest BCUT2D eigenvalue weighted by atomic mass is 16.5. The third-order valence-corrected chi connectivity index (χ3v) is 3.41. The van der Waals surface area contributed by atoms with E-state index in [9.17, 15) is 5.26 Å². The van der Waals surface area contributed by atoms with Crippen LogP contribution in [-0.2, 0) is 7.05 Å². The minimum atomic E-state index is 0.552. The van der Waals surface area contributed by atoms with Gasteiger partial charge >= 0.3 is 0 Å². The molecule has 0 radical (unpaired) electrons. The fourth-order valence-corrected chi connectivity index (χ4v) is 2.25. The fraction of sp³-hybridized carbons (Fsp3) is 0.333. The molecule has 19 heavy (non-hydrogen) atoms. The summed E-state index contributed by atoms with van der Waals surface area (Å²) in [5.41, 5.74) is 4.49. The van der Waals surface area contributed by atoms with Crippen molar-refractivity contribution in [2.24, 2.45) is 7.05 Å². The topological polar surface area (TPSA) is 50.8 Å². The summed E-state index contributed by atoms with van der Waals surface area (Å²) in [6, 6.07) is 6.10. The van der Waals surface area contributed by atoms with E-state index in [1.54, 1.807) is 6.20 Å². The Morgan fingerprint density at radius 2 is 2.11 bits per heavy atom. The molecule has 2 rings (SSSR count). The average Bonchev–Trinajstić information content (AvgIpc) is 2.64. The number of rotatable bonds is 3. The van der Waals surface area contributed by atoms with E-state index in [0.29, 0.717) is 18.1 Å². The second-order valence-corrected chi connectivity index (χ2v) is 4.38. The smallest absolute Gasteiger partial charge is 0.221 e. The SMILES string of the molecule is CCOc1ncccc1-c1c(C#N)c(C)n(C)c1C. The Morgan fingerprint density at radius 1 is 1.37 bits per heavy atom. The van der Waals surface area contributed by atoms with E-state index in [2.05, 4.69) is 11.1 Å². The molecule has 0 bridgehead atoms. The van der Waals surface area contributed by atoms with Gasteiger partial charge in [0.05, 0.1) is 12.2 Å². The summed E-state index contributed by atoms with van der Waals surface area (Å²) in [6.07, 6.45) is 1.70. The minimum Gasteiger partial charge on any atom is -0.478 e. The van der Waals surface area contributed by atoms with Crippen molar-refractivity contribution >= 4 is 0 Å². The summed E-state index contributed by atoms with van der Waals surface area (Å²) in [5.74, 6) is 0.579. The molecular formula is C15H17N3O. The third-order valence-electron chi connectivity index (χ3n) is 3.41. The lowest BCUT2D eigenvalue weighted by Gasteiger charge is -2.09. The first-order chi connectivity index (χ1) is 9.11. The van der Waals surface area contributed by atoms with E-state index in [4.69, 9.17) is 4.74 Å². The Hall–Kier alpha value is -2.28. The lowest BCUT2D eigenvalue weighted by atomic mass is 10.0. The van der Waals surface area contributed by atoms with Crippen molar-refractivity contribution in [3.05, 3.63) is 35.3 Å². The Balaban J connectivity index is 2.73. The molecule has 0 aliphatic rings. The van der Waals surface area contributed by atoms with Gasteiger partial charge in [0.25, 0.3) is 0 Å². The Kier molecular flexibility index (Phi) is 3.57. The highest BCUT2D eigenvalue weighted by molar-refractivity contribution is 5.78. The van der Waals surface area contributed by atoms with E-state index in [0.717, 1.165) is 22.5 Å². The summed E-state index contributed by atoms with van der Waals surface area (Å²) in [4.78, 5) is 4.26. The van der Waals surface area contributed by atoms with Crippen LogP contribution in [0.3, 0.4) is 0 Å². The largest absolute Gasteiger partial charge is 0.478 e. The molecule has 98 valence electrons. The standard InChI is InChI=1S/C15H17N3O/c1-5-19-15-12(7-6-8-17-15)14-11(3)18(4)10(2)13(14)9-16/h6-8H,5H2,1-4H3. The number of nitrogens with zero attached hydrogens (tertiary/aromatic N) is 3. The summed E-state index contributed by atoms with van der Waals surface area (Å²) >= 11 is 0. The van der Waals surface area contributed by atoms with E-state index in [1.165, 1.54) is 0 Å². The van der Waals surface area contributed by atoms with Crippen LogP contribution in [0.4, 0.5) is 0 Å². The number of hydrogen-bond donors (Lipinski definition) is 0. The van der Waals surface area contributed by atoms with Crippen molar-refractivity contribution in [3.8, 4) is 23.1 Å². The zero-order valence-electron chi connectivity index (χ0n) is 11.7. The third kappa shape index (κ3) is 2.08. The molecule has 4 nitrogen and oxygen atoms in total. The lowest BCUT2D eigenvalue weighted by molar-refractivity contribution is 0.328. The first-order valence-electron chi connectivity index (χ1n) is 6.26. The molecule has 0 unspecified atom stereocenters. The molecule has 0 fully saturated rings. The highest BCUT2D eigenvalue weighted by Crippen LogP contribution is 2.35. The molecule has 0 aliphatic heterocycles. The van der Waals surface area contributed by atoms with Crippen molar-refractivity contribution in [1.82, 2.24) is 9.55 Å². The maximum Gasteiger partial charge on any atom is 0.221 e. The molecule has 0 saturated heterocycles. The molecular weight excluding hydrogens is 238 g/mol. The Labute approximate surface area is 113 Å². The number of ether oxygens (including phenoxy) is 1. The first-order valence-corrected chi connectivity index (χ1v) is 6.26. The van der Waals surface area contributed by atoms with Gasteiger partial charge in [-0.1, -0.05) is 0 Å². The first kappa shape index (κ1) is 13.2. The van der Waals surface area contributed by atoms with Crippen LogP contribution in [0.25, 0.3) is 11.1 Å². The Bertz CT molecular complexity index is 650. The molecule has 0 atom stereocenters. The van der Waals surface area contributed by atoms with Gasteiger partial charge in [-0.15, -0.1) is 0 Å². The van der Waals surface area contributed by atoms with Gasteiger partial charge in [-0.05, 0) is 32.9 Å². The quantitative estimate of drug-likeness (QED) is 0.847. The van der Waals surface area contributed by atoms with Crippen molar-refractivity contribution in [3.63, 3.8) is 0 Å². The van der Waals surface area contributed by atoms with Crippen LogP contribution < -0.4 is 4.74 Å². The van der Waals surface area contributed by atoms with Gasteiger partial charge < -0.3 is 9.30 Å².